The SMILES string of the molecule is O=C(Cc1cccnc1)c1cc(Cl)ccc1I. The topological polar surface area (TPSA) is 30.0 Å². The molecule has 0 fully saturated rings. The Morgan fingerprint density at radius 3 is 2.88 bits per heavy atom. The third-order valence-electron chi connectivity index (χ3n) is 2.32. The highest BCUT2D eigenvalue weighted by Gasteiger charge is 2.11. The van der Waals surface area contributed by atoms with Gasteiger partial charge in [0, 0.05) is 33.0 Å². The van der Waals surface area contributed by atoms with E-state index in [9.17, 15) is 4.79 Å². The first-order chi connectivity index (χ1) is 8.16. The van der Waals surface area contributed by atoms with E-state index in [0.29, 0.717) is 17.0 Å². The summed E-state index contributed by atoms with van der Waals surface area (Å²) in [7, 11) is 0. The van der Waals surface area contributed by atoms with Gasteiger partial charge in [-0.25, -0.2) is 0 Å². The van der Waals surface area contributed by atoms with Crippen LogP contribution in [-0.2, 0) is 6.42 Å². The van der Waals surface area contributed by atoms with Crippen LogP contribution in [0.2, 0.25) is 5.02 Å². The van der Waals surface area contributed by atoms with Gasteiger partial charge in [-0.2, -0.15) is 0 Å². The van der Waals surface area contributed by atoms with Gasteiger partial charge in [-0.05, 0) is 52.4 Å². The second-order valence-electron chi connectivity index (χ2n) is 3.59. The van der Waals surface area contributed by atoms with E-state index in [1.807, 2.05) is 18.2 Å². The van der Waals surface area contributed by atoms with Crippen molar-refractivity contribution in [2.24, 2.45) is 0 Å². The summed E-state index contributed by atoms with van der Waals surface area (Å²) in [5.41, 5.74) is 1.58. The Balaban J connectivity index is 2.23. The Kier molecular flexibility index (Phi) is 4.12. The number of Topliss-reactive ketones (excluding diaryl/α,β-unsaturated/α-hetero) is 1. The zero-order valence-electron chi connectivity index (χ0n) is 8.86. The first-order valence-corrected chi connectivity index (χ1v) is 6.49. The maximum absolute atomic E-state index is 12.1. The lowest BCUT2D eigenvalue weighted by molar-refractivity contribution is 0.0992. The van der Waals surface area contributed by atoms with Crippen LogP contribution in [0, 0.1) is 3.57 Å². The average Bonchev–Trinajstić information content (AvgIpc) is 2.33. The highest BCUT2D eigenvalue weighted by atomic mass is 127. The molecule has 0 spiro atoms. The Morgan fingerprint density at radius 1 is 1.35 bits per heavy atom. The molecule has 0 N–H and O–H groups in total. The highest BCUT2D eigenvalue weighted by molar-refractivity contribution is 14.1. The fraction of sp³-hybridized carbons (Fsp3) is 0.0769. The summed E-state index contributed by atoms with van der Waals surface area (Å²) in [5, 5.41) is 0.583. The quantitative estimate of drug-likeness (QED) is 0.618. The standard InChI is InChI=1S/C13H9ClINO/c14-10-3-4-12(15)11(7-10)13(17)6-9-2-1-5-16-8-9/h1-5,7-8H,6H2. The van der Waals surface area contributed by atoms with Crippen molar-refractivity contribution >= 4 is 40.0 Å². The number of carbonyl (C=O) groups is 1. The number of hydrogen-bond donors (Lipinski definition) is 0. The number of rotatable bonds is 3. The number of pyridine rings is 1. The molecule has 1 aromatic carbocycles. The fourth-order valence-electron chi connectivity index (χ4n) is 1.49. The largest absolute Gasteiger partial charge is 0.294 e. The van der Waals surface area contributed by atoms with E-state index in [1.54, 1.807) is 24.5 Å². The Morgan fingerprint density at radius 2 is 2.18 bits per heavy atom. The molecule has 0 saturated carbocycles. The lowest BCUT2D eigenvalue weighted by Crippen LogP contribution is -2.05. The summed E-state index contributed by atoms with van der Waals surface area (Å²) in [5.74, 6) is 0.0601. The zero-order valence-corrected chi connectivity index (χ0v) is 11.8. The number of aromatic nitrogens is 1. The molecule has 86 valence electrons. The normalized spacial score (nSPS) is 10.2. The molecule has 0 amide bonds. The monoisotopic (exact) mass is 357 g/mol. The summed E-state index contributed by atoms with van der Waals surface area (Å²) in [6.07, 6.45) is 3.75. The Labute approximate surface area is 118 Å². The third kappa shape index (κ3) is 3.26. The van der Waals surface area contributed by atoms with Crippen LogP contribution in [0.3, 0.4) is 0 Å². The molecular formula is C13H9ClINO. The van der Waals surface area contributed by atoms with Crippen LogP contribution in [-0.4, -0.2) is 10.8 Å². The van der Waals surface area contributed by atoms with Crippen molar-refractivity contribution in [3.63, 3.8) is 0 Å². The van der Waals surface area contributed by atoms with Crippen molar-refractivity contribution in [3.8, 4) is 0 Å². The molecule has 1 aromatic heterocycles. The van der Waals surface area contributed by atoms with Crippen molar-refractivity contribution in [2.45, 2.75) is 6.42 Å². The summed E-state index contributed by atoms with van der Waals surface area (Å²) in [6, 6.07) is 9.06. The van der Waals surface area contributed by atoms with Gasteiger partial charge in [-0.15, -0.1) is 0 Å². The van der Waals surface area contributed by atoms with E-state index in [2.05, 4.69) is 27.6 Å². The summed E-state index contributed by atoms with van der Waals surface area (Å²) < 4.78 is 0.917. The molecule has 4 heteroatoms. The molecule has 0 radical (unpaired) electrons. The average molecular weight is 358 g/mol. The molecule has 17 heavy (non-hydrogen) atoms. The minimum atomic E-state index is 0.0601. The third-order valence-corrected chi connectivity index (χ3v) is 3.49. The Bertz CT molecular complexity index is 542. The molecule has 0 aliphatic rings. The van der Waals surface area contributed by atoms with Crippen LogP contribution >= 0.6 is 34.2 Å². The van der Waals surface area contributed by atoms with Gasteiger partial charge in [-0.3, -0.25) is 9.78 Å². The van der Waals surface area contributed by atoms with Crippen molar-refractivity contribution in [1.29, 1.82) is 0 Å². The van der Waals surface area contributed by atoms with Gasteiger partial charge in [0.05, 0.1) is 0 Å². The van der Waals surface area contributed by atoms with Crippen LogP contribution in [0.4, 0.5) is 0 Å². The van der Waals surface area contributed by atoms with Gasteiger partial charge in [0.2, 0.25) is 0 Å². The minimum absolute atomic E-state index is 0.0601. The van der Waals surface area contributed by atoms with E-state index in [0.717, 1.165) is 9.13 Å². The van der Waals surface area contributed by atoms with E-state index in [1.165, 1.54) is 0 Å². The summed E-state index contributed by atoms with van der Waals surface area (Å²) in [4.78, 5) is 16.1. The van der Waals surface area contributed by atoms with Crippen molar-refractivity contribution in [1.82, 2.24) is 4.98 Å². The number of benzene rings is 1. The van der Waals surface area contributed by atoms with Crippen LogP contribution in [0.25, 0.3) is 0 Å². The summed E-state index contributed by atoms with van der Waals surface area (Å²) in [6.45, 7) is 0. The van der Waals surface area contributed by atoms with Crippen LogP contribution < -0.4 is 0 Å². The number of hydrogen-bond acceptors (Lipinski definition) is 2. The van der Waals surface area contributed by atoms with Gasteiger partial charge in [-0.1, -0.05) is 17.7 Å². The van der Waals surface area contributed by atoms with Gasteiger partial charge in [0.25, 0.3) is 0 Å². The maximum Gasteiger partial charge on any atom is 0.168 e. The van der Waals surface area contributed by atoms with Gasteiger partial charge < -0.3 is 0 Å². The number of carbonyl (C=O) groups excluding carboxylic acids is 1. The number of nitrogens with zero attached hydrogens (tertiary/aromatic N) is 1. The van der Waals surface area contributed by atoms with E-state index in [-0.39, 0.29) is 5.78 Å². The lowest BCUT2D eigenvalue weighted by Gasteiger charge is -2.04. The zero-order chi connectivity index (χ0) is 12.3. The van der Waals surface area contributed by atoms with Crippen molar-refractivity contribution in [3.05, 3.63) is 62.4 Å². The van der Waals surface area contributed by atoms with E-state index >= 15 is 0 Å². The van der Waals surface area contributed by atoms with Gasteiger partial charge in [0.1, 0.15) is 0 Å². The highest BCUT2D eigenvalue weighted by Crippen LogP contribution is 2.19. The molecule has 2 rings (SSSR count). The predicted octanol–water partition coefficient (Wildman–Crippen LogP) is 3.77. The first-order valence-electron chi connectivity index (χ1n) is 5.04. The van der Waals surface area contributed by atoms with Crippen molar-refractivity contribution < 1.29 is 4.79 Å². The van der Waals surface area contributed by atoms with Crippen molar-refractivity contribution in [2.75, 3.05) is 0 Å². The minimum Gasteiger partial charge on any atom is -0.294 e. The smallest absolute Gasteiger partial charge is 0.168 e. The molecular weight excluding hydrogens is 349 g/mol. The van der Waals surface area contributed by atoms with E-state index < -0.39 is 0 Å². The fourth-order valence-corrected chi connectivity index (χ4v) is 2.30. The van der Waals surface area contributed by atoms with Crippen LogP contribution in [0.1, 0.15) is 15.9 Å². The molecule has 0 atom stereocenters. The number of ketones is 1. The molecule has 2 nitrogen and oxygen atoms in total. The van der Waals surface area contributed by atoms with E-state index in [4.69, 9.17) is 11.6 Å². The molecule has 1 heterocycles. The molecule has 2 aromatic rings. The second kappa shape index (κ2) is 5.60. The first kappa shape index (κ1) is 12.5. The molecule has 0 unspecified atom stereocenters. The van der Waals surface area contributed by atoms with Gasteiger partial charge in [0.15, 0.2) is 5.78 Å². The molecule has 0 aliphatic carbocycles. The predicted molar refractivity (Wildman–Crippen MR) is 76.4 cm³/mol. The molecule has 0 aliphatic heterocycles. The van der Waals surface area contributed by atoms with Crippen LogP contribution in [0.5, 0.6) is 0 Å². The lowest BCUT2D eigenvalue weighted by atomic mass is 10.0. The summed E-state index contributed by atoms with van der Waals surface area (Å²) >= 11 is 8.04. The second-order valence-corrected chi connectivity index (χ2v) is 5.18. The number of halogens is 2. The molecule has 0 saturated heterocycles. The van der Waals surface area contributed by atoms with Crippen LogP contribution in [0.15, 0.2) is 42.7 Å². The van der Waals surface area contributed by atoms with Gasteiger partial charge >= 0.3 is 0 Å². The maximum atomic E-state index is 12.1. The molecule has 0 bridgehead atoms. The Hall–Kier alpha value is -0.940.